The molecule has 0 N–H and O–H groups in total. The van der Waals surface area contributed by atoms with Crippen molar-refractivity contribution in [3.05, 3.63) is 70.6 Å². The van der Waals surface area contributed by atoms with Crippen molar-refractivity contribution in [2.24, 2.45) is 0 Å². The number of ether oxygens (including phenoxy) is 1. The lowest BCUT2D eigenvalue weighted by Crippen LogP contribution is -2.30. The average molecular weight is 401 g/mol. The lowest BCUT2D eigenvalue weighted by molar-refractivity contribution is 0.0734. The Balaban J connectivity index is 1.88. The average Bonchev–Trinajstić information content (AvgIpc) is 2.68. The molecule has 0 aliphatic heterocycles. The van der Waals surface area contributed by atoms with Gasteiger partial charge in [-0.2, -0.15) is 4.31 Å². The molecule has 0 fully saturated rings. The highest BCUT2D eigenvalue weighted by molar-refractivity contribution is 7.89. The van der Waals surface area contributed by atoms with Gasteiger partial charge >= 0.3 is 11.6 Å². The second-order valence-electron chi connectivity index (χ2n) is 5.96. The number of hydrogen-bond acceptors (Lipinski definition) is 6. The highest BCUT2D eigenvalue weighted by Gasteiger charge is 2.23. The number of sulfonamides is 1. The number of rotatable bonds is 6. The number of carbonyl (C=O) groups excluding carboxylic acids is 1. The largest absolute Gasteiger partial charge is 0.423 e. The molecule has 0 saturated carbocycles. The Hall–Kier alpha value is -2.97. The Morgan fingerprint density at radius 3 is 2.46 bits per heavy atom. The number of hydrogen-bond donors (Lipinski definition) is 0. The smallest absolute Gasteiger partial charge is 0.343 e. The summed E-state index contributed by atoms with van der Waals surface area (Å²) in [6, 6.07) is 13.3. The summed E-state index contributed by atoms with van der Waals surface area (Å²) in [5.41, 5.74) is -0.121. The third-order valence-electron chi connectivity index (χ3n) is 4.22. The van der Waals surface area contributed by atoms with Gasteiger partial charge in [0.1, 0.15) is 11.3 Å². The maximum absolute atomic E-state index is 12.6. The van der Waals surface area contributed by atoms with Crippen LogP contribution in [-0.4, -0.2) is 31.8 Å². The van der Waals surface area contributed by atoms with Crippen LogP contribution in [0.4, 0.5) is 0 Å². The zero-order valence-corrected chi connectivity index (χ0v) is 16.2. The van der Waals surface area contributed by atoms with E-state index in [-0.39, 0.29) is 21.8 Å². The molecule has 0 aliphatic carbocycles. The Morgan fingerprint density at radius 2 is 1.75 bits per heavy atom. The topological polar surface area (TPSA) is 93.9 Å². The summed E-state index contributed by atoms with van der Waals surface area (Å²) in [6.45, 7) is 4.15. The van der Waals surface area contributed by atoms with Crippen molar-refractivity contribution in [1.29, 1.82) is 0 Å². The normalized spacial score (nSPS) is 11.7. The maximum Gasteiger partial charge on any atom is 0.343 e. The van der Waals surface area contributed by atoms with Crippen LogP contribution >= 0.6 is 0 Å². The molecule has 0 saturated heterocycles. The third kappa shape index (κ3) is 3.97. The van der Waals surface area contributed by atoms with Gasteiger partial charge in [0.2, 0.25) is 10.0 Å². The van der Waals surface area contributed by atoms with Crippen LogP contribution in [0.3, 0.4) is 0 Å². The molecule has 7 nitrogen and oxygen atoms in total. The van der Waals surface area contributed by atoms with Crippen molar-refractivity contribution >= 4 is 27.0 Å². The minimum atomic E-state index is -3.69. The Kier molecular flexibility index (Phi) is 5.62. The predicted octanol–water partition coefficient (Wildman–Crippen LogP) is 3.04. The Morgan fingerprint density at radius 1 is 1.04 bits per heavy atom. The molecule has 28 heavy (non-hydrogen) atoms. The molecular formula is C20H19NO6S. The molecule has 3 aromatic rings. The molecule has 1 heterocycles. The molecule has 0 amide bonds. The zero-order valence-electron chi connectivity index (χ0n) is 15.4. The lowest BCUT2D eigenvalue weighted by Gasteiger charge is -2.18. The minimum absolute atomic E-state index is 0.0233. The summed E-state index contributed by atoms with van der Waals surface area (Å²) in [5, 5.41) is 0.687. The summed E-state index contributed by atoms with van der Waals surface area (Å²) >= 11 is 0. The van der Waals surface area contributed by atoms with E-state index in [1.807, 2.05) is 0 Å². The van der Waals surface area contributed by atoms with Crippen molar-refractivity contribution in [3.8, 4) is 5.75 Å². The van der Waals surface area contributed by atoms with Crippen LogP contribution < -0.4 is 10.4 Å². The number of esters is 1. The van der Waals surface area contributed by atoms with Crippen molar-refractivity contribution in [2.75, 3.05) is 13.1 Å². The van der Waals surface area contributed by atoms with Gasteiger partial charge in [0, 0.05) is 30.6 Å². The first-order chi connectivity index (χ1) is 13.3. The van der Waals surface area contributed by atoms with E-state index >= 15 is 0 Å². The van der Waals surface area contributed by atoms with Gasteiger partial charge < -0.3 is 9.15 Å². The van der Waals surface area contributed by atoms with Crippen LogP contribution in [-0.2, 0) is 10.0 Å². The number of carbonyl (C=O) groups is 1. The Bertz CT molecular complexity index is 1180. The fourth-order valence-electron chi connectivity index (χ4n) is 2.77. The molecule has 2 aromatic carbocycles. The highest BCUT2D eigenvalue weighted by atomic mass is 32.2. The minimum Gasteiger partial charge on any atom is -0.423 e. The van der Waals surface area contributed by atoms with E-state index in [0.717, 1.165) is 0 Å². The summed E-state index contributed by atoms with van der Waals surface area (Å²) < 4.78 is 37.0. The van der Waals surface area contributed by atoms with E-state index in [0.29, 0.717) is 18.5 Å². The monoisotopic (exact) mass is 401 g/mol. The van der Waals surface area contributed by atoms with Crippen LogP contribution in [0.25, 0.3) is 11.0 Å². The van der Waals surface area contributed by atoms with Crippen LogP contribution in [0.1, 0.15) is 24.2 Å². The van der Waals surface area contributed by atoms with Gasteiger partial charge in [-0.1, -0.05) is 19.9 Å². The molecule has 0 bridgehead atoms. The zero-order chi connectivity index (χ0) is 20.3. The van der Waals surface area contributed by atoms with Crippen LogP contribution in [0.5, 0.6) is 5.75 Å². The predicted molar refractivity (Wildman–Crippen MR) is 104 cm³/mol. The van der Waals surface area contributed by atoms with Gasteiger partial charge in [0.25, 0.3) is 0 Å². The van der Waals surface area contributed by atoms with Crippen molar-refractivity contribution in [2.45, 2.75) is 18.7 Å². The molecule has 0 spiro atoms. The van der Waals surface area contributed by atoms with Gasteiger partial charge in [-0.3, -0.25) is 0 Å². The maximum atomic E-state index is 12.6. The second-order valence-corrected chi connectivity index (χ2v) is 7.90. The quantitative estimate of drug-likeness (QED) is 0.358. The van der Waals surface area contributed by atoms with Crippen LogP contribution in [0.2, 0.25) is 0 Å². The molecule has 1 aromatic heterocycles. The highest BCUT2D eigenvalue weighted by Crippen LogP contribution is 2.22. The first-order valence-corrected chi connectivity index (χ1v) is 10.2. The summed E-state index contributed by atoms with van der Waals surface area (Å²) in [4.78, 5) is 23.8. The van der Waals surface area contributed by atoms with Crippen molar-refractivity contribution in [3.63, 3.8) is 0 Å². The first kappa shape index (κ1) is 19.8. The Labute approximate surface area is 162 Å². The molecule has 0 unspecified atom stereocenters. The molecule has 0 aliphatic rings. The van der Waals surface area contributed by atoms with E-state index in [2.05, 4.69) is 0 Å². The standard InChI is InChI=1S/C20H19NO6S/c1-3-21(4-2)28(24,25)17-7-5-6-15(12-17)20(23)26-16-10-8-14-9-11-19(22)27-18(14)13-16/h5-13H,3-4H2,1-2H3. The third-order valence-corrected chi connectivity index (χ3v) is 6.26. The fourth-order valence-corrected chi connectivity index (χ4v) is 4.27. The van der Waals surface area contributed by atoms with Crippen LogP contribution in [0, 0.1) is 0 Å². The van der Waals surface area contributed by atoms with E-state index in [4.69, 9.17) is 9.15 Å². The molecule has 3 rings (SSSR count). The molecule has 0 atom stereocenters. The summed E-state index contributed by atoms with van der Waals surface area (Å²) in [5.74, 6) is -0.530. The van der Waals surface area contributed by atoms with E-state index in [9.17, 15) is 18.0 Å². The molecule has 0 radical (unpaired) electrons. The summed E-state index contributed by atoms with van der Waals surface area (Å²) in [6.07, 6.45) is 0. The first-order valence-electron chi connectivity index (χ1n) is 8.71. The van der Waals surface area contributed by atoms with Gasteiger partial charge in [0.15, 0.2) is 0 Å². The van der Waals surface area contributed by atoms with Crippen molar-refractivity contribution < 1.29 is 22.4 Å². The van der Waals surface area contributed by atoms with E-state index < -0.39 is 21.6 Å². The summed E-state index contributed by atoms with van der Waals surface area (Å²) in [7, 11) is -3.69. The van der Waals surface area contributed by atoms with Crippen molar-refractivity contribution in [1.82, 2.24) is 4.31 Å². The number of fused-ring (bicyclic) bond motifs is 1. The van der Waals surface area contributed by atoms with Gasteiger partial charge in [-0.05, 0) is 36.4 Å². The second kappa shape index (κ2) is 7.95. The number of nitrogens with zero attached hydrogens (tertiary/aromatic N) is 1. The van der Waals surface area contributed by atoms with Crippen LogP contribution in [0.15, 0.2) is 68.7 Å². The van der Waals surface area contributed by atoms with Gasteiger partial charge in [-0.15, -0.1) is 0 Å². The molecular weight excluding hydrogens is 382 g/mol. The van der Waals surface area contributed by atoms with Gasteiger partial charge in [0.05, 0.1) is 10.5 Å². The fraction of sp³-hybridized carbons (Fsp3) is 0.200. The number of benzene rings is 2. The van der Waals surface area contributed by atoms with E-state index in [1.54, 1.807) is 32.0 Å². The SMILES string of the molecule is CCN(CC)S(=O)(=O)c1cccc(C(=O)Oc2ccc3ccc(=O)oc3c2)c1. The molecule has 8 heteroatoms. The van der Waals surface area contributed by atoms with E-state index in [1.165, 1.54) is 40.7 Å². The van der Waals surface area contributed by atoms with Gasteiger partial charge in [-0.25, -0.2) is 18.0 Å². The lowest BCUT2D eigenvalue weighted by atomic mass is 10.2. The molecule has 146 valence electrons.